The number of hydrogen-bond acceptors (Lipinski definition) is 3. The van der Waals surface area contributed by atoms with Crippen LogP contribution in [-0.2, 0) is 0 Å². The summed E-state index contributed by atoms with van der Waals surface area (Å²) in [6.07, 6.45) is -0.0333. The minimum absolute atomic E-state index is 0.0939. The molecule has 136 valence electrons. The summed E-state index contributed by atoms with van der Waals surface area (Å²) in [5.41, 5.74) is 2.32. The SMILES string of the molecule is CCC(NCC(O)COc1c(F)cc(Br)cc1F)c1ccc(C)cc1. The second-order valence-corrected chi connectivity index (χ2v) is 6.86. The van der Waals surface area contributed by atoms with Gasteiger partial charge in [-0.05, 0) is 31.0 Å². The lowest BCUT2D eigenvalue weighted by atomic mass is 10.0. The minimum Gasteiger partial charge on any atom is -0.485 e. The first-order valence-corrected chi connectivity index (χ1v) is 8.95. The van der Waals surface area contributed by atoms with Crippen LogP contribution in [0.3, 0.4) is 0 Å². The third kappa shape index (κ3) is 5.76. The van der Waals surface area contributed by atoms with E-state index in [-0.39, 0.29) is 19.2 Å². The van der Waals surface area contributed by atoms with E-state index >= 15 is 0 Å². The Labute approximate surface area is 155 Å². The summed E-state index contributed by atoms with van der Waals surface area (Å²) in [5.74, 6) is -2.09. The van der Waals surface area contributed by atoms with E-state index in [4.69, 9.17) is 4.74 Å². The summed E-state index contributed by atoms with van der Waals surface area (Å²) in [6.45, 7) is 4.13. The van der Waals surface area contributed by atoms with Gasteiger partial charge in [0.25, 0.3) is 0 Å². The van der Waals surface area contributed by atoms with Crippen molar-refractivity contribution in [2.24, 2.45) is 0 Å². The molecule has 0 amide bonds. The predicted molar refractivity (Wildman–Crippen MR) is 97.8 cm³/mol. The monoisotopic (exact) mass is 413 g/mol. The Morgan fingerprint density at radius 1 is 1.16 bits per heavy atom. The van der Waals surface area contributed by atoms with E-state index in [1.807, 2.05) is 38.1 Å². The van der Waals surface area contributed by atoms with Crippen LogP contribution < -0.4 is 10.1 Å². The van der Waals surface area contributed by atoms with E-state index < -0.39 is 23.5 Å². The van der Waals surface area contributed by atoms with E-state index in [0.29, 0.717) is 4.47 Å². The molecule has 0 spiro atoms. The molecule has 0 heterocycles. The number of aryl methyl sites for hydroxylation is 1. The summed E-state index contributed by atoms with van der Waals surface area (Å²) in [7, 11) is 0. The number of halogens is 3. The Bertz CT molecular complexity index is 671. The van der Waals surface area contributed by atoms with Crippen LogP contribution in [0.2, 0.25) is 0 Å². The number of aliphatic hydroxyl groups excluding tert-OH is 1. The van der Waals surface area contributed by atoms with E-state index in [1.54, 1.807) is 0 Å². The largest absolute Gasteiger partial charge is 0.485 e. The van der Waals surface area contributed by atoms with Crippen molar-refractivity contribution in [1.82, 2.24) is 5.32 Å². The molecule has 2 unspecified atom stereocenters. The van der Waals surface area contributed by atoms with Crippen molar-refractivity contribution in [3.8, 4) is 5.75 Å². The molecule has 2 aromatic rings. The maximum atomic E-state index is 13.7. The van der Waals surface area contributed by atoms with Gasteiger partial charge in [-0.2, -0.15) is 0 Å². The first-order chi connectivity index (χ1) is 11.9. The van der Waals surface area contributed by atoms with Crippen molar-refractivity contribution in [2.75, 3.05) is 13.2 Å². The van der Waals surface area contributed by atoms with Gasteiger partial charge in [-0.15, -0.1) is 0 Å². The molecule has 25 heavy (non-hydrogen) atoms. The molecule has 0 saturated carbocycles. The van der Waals surface area contributed by atoms with Gasteiger partial charge >= 0.3 is 0 Å². The van der Waals surface area contributed by atoms with E-state index in [9.17, 15) is 13.9 Å². The van der Waals surface area contributed by atoms with Crippen molar-refractivity contribution < 1.29 is 18.6 Å². The van der Waals surface area contributed by atoms with Gasteiger partial charge in [-0.1, -0.05) is 52.7 Å². The highest BCUT2D eigenvalue weighted by Gasteiger charge is 2.16. The van der Waals surface area contributed by atoms with Crippen molar-refractivity contribution in [3.05, 3.63) is 63.6 Å². The molecule has 6 heteroatoms. The number of ether oxygens (including phenoxy) is 1. The van der Waals surface area contributed by atoms with Crippen LogP contribution in [0.1, 0.15) is 30.5 Å². The number of rotatable bonds is 8. The van der Waals surface area contributed by atoms with Crippen LogP contribution in [0, 0.1) is 18.6 Å². The Morgan fingerprint density at radius 2 is 1.76 bits per heavy atom. The van der Waals surface area contributed by atoms with E-state index in [1.165, 1.54) is 5.56 Å². The summed E-state index contributed by atoms with van der Waals surface area (Å²) in [4.78, 5) is 0. The fraction of sp³-hybridized carbons (Fsp3) is 0.368. The molecule has 0 bridgehead atoms. The van der Waals surface area contributed by atoms with Crippen LogP contribution >= 0.6 is 15.9 Å². The second kappa shape index (κ2) is 9.27. The van der Waals surface area contributed by atoms with Crippen molar-refractivity contribution >= 4 is 15.9 Å². The first kappa shape index (κ1) is 19.8. The van der Waals surface area contributed by atoms with E-state index in [0.717, 1.165) is 24.1 Å². The zero-order valence-corrected chi connectivity index (χ0v) is 15.8. The molecule has 0 aliphatic heterocycles. The predicted octanol–water partition coefficient (Wildman–Crippen LogP) is 4.52. The van der Waals surface area contributed by atoms with Gasteiger partial charge in [0.15, 0.2) is 17.4 Å². The molecule has 0 radical (unpaired) electrons. The molecule has 3 nitrogen and oxygen atoms in total. The number of nitrogens with one attached hydrogen (secondary N) is 1. The highest BCUT2D eigenvalue weighted by Crippen LogP contribution is 2.26. The average molecular weight is 414 g/mol. The lowest BCUT2D eigenvalue weighted by molar-refractivity contribution is 0.0986. The van der Waals surface area contributed by atoms with Gasteiger partial charge in [0, 0.05) is 17.1 Å². The van der Waals surface area contributed by atoms with Crippen LogP contribution in [0.15, 0.2) is 40.9 Å². The molecule has 0 aromatic heterocycles. The Morgan fingerprint density at radius 3 is 2.32 bits per heavy atom. The zero-order chi connectivity index (χ0) is 18.4. The van der Waals surface area contributed by atoms with Crippen molar-refractivity contribution in [3.63, 3.8) is 0 Å². The standard InChI is InChI=1S/C19H22BrF2NO2/c1-3-18(13-6-4-12(2)5-7-13)23-10-15(24)11-25-19-16(21)8-14(20)9-17(19)22/h4-9,15,18,23-24H,3,10-11H2,1-2H3. The molecule has 0 aliphatic carbocycles. The molecule has 0 aliphatic rings. The first-order valence-electron chi connectivity index (χ1n) is 8.16. The summed E-state index contributed by atoms with van der Waals surface area (Å²) in [5, 5.41) is 13.3. The topological polar surface area (TPSA) is 41.5 Å². The maximum Gasteiger partial charge on any atom is 0.190 e. The molecule has 2 rings (SSSR count). The third-order valence-electron chi connectivity index (χ3n) is 3.87. The Hall–Kier alpha value is -1.50. The van der Waals surface area contributed by atoms with E-state index in [2.05, 4.69) is 21.2 Å². The highest BCUT2D eigenvalue weighted by atomic mass is 79.9. The van der Waals surface area contributed by atoms with Crippen LogP contribution in [0.25, 0.3) is 0 Å². The lowest BCUT2D eigenvalue weighted by Gasteiger charge is -2.20. The molecule has 2 aromatic carbocycles. The lowest BCUT2D eigenvalue weighted by Crippen LogP contribution is -2.34. The smallest absolute Gasteiger partial charge is 0.190 e. The highest BCUT2D eigenvalue weighted by molar-refractivity contribution is 9.10. The molecular weight excluding hydrogens is 392 g/mol. The second-order valence-electron chi connectivity index (χ2n) is 5.94. The average Bonchev–Trinajstić information content (AvgIpc) is 2.56. The molecule has 0 fully saturated rings. The fourth-order valence-corrected chi connectivity index (χ4v) is 2.88. The van der Waals surface area contributed by atoms with Crippen LogP contribution in [0.4, 0.5) is 8.78 Å². The summed E-state index contributed by atoms with van der Waals surface area (Å²) < 4.78 is 32.8. The number of aliphatic hydroxyl groups is 1. The number of hydrogen-bond donors (Lipinski definition) is 2. The van der Waals surface area contributed by atoms with Gasteiger partial charge in [-0.3, -0.25) is 0 Å². The third-order valence-corrected chi connectivity index (χ3v) is 4.33. The minimum atomic E-state index is -0.887. The normalized spacial score (nSPS) is 13.5. The quantitative estimate of drug-likeness (QED) is 0.668. The van der Waals surface area contributed by atoms with Gasteiger partial charge in [0.1, 0.15) is 12.7 Å². The zero-order valence-electron chi connectivity index (χ0n) is 14.2. The van der Waals surface area contributed by atoms with Gasteiger partial charge in [0.05, 0.1) is 0 Å². The van der Waals surface area contributed by atoms with Crippen molar-refractivity contribution in [2.45, 2.75) is 32.4 Å². The van der Waals surface area contributed by atoms with Gasteiger partial charge < -0.3 is 15.2 Å². The Kier molecular flexibility index (Phi) is 7.35. The molecule has 0 saturated heterocycles. The summed E-state index contributed by atoms with van der Waals surface area (Å²) in [6, 6.07) is 10.5. The van der Waals surface area contributed by atoms with Gasteiger partial charge in [0.2, 0.25) is 0 Å². The maximum absolute atomic E-state index is 13.7. The fourth-order valence-electron chi connectivity index (χ4n) is 2.48. The molecule has 2 atom stereocenters. The van der Waals surface area contributed by atoms with Crippen LogP contribution in [0.5, 0.6) is 5.75 Å². The van der Waals surface area contributed by atoms with Crippen LogP contribution in [-0.4, -0.2) is 24.4 Å². The summed E-state index contributed by atoms with van der Waals surface area (Å²) >= 11 is 3.01. The molecule has 2 N–H and O–H groups in total. The molecular formula is C19H22BrF2NO2. The Balaban J connectivity index is 1.87. The number of benzene rings is 2. The van der Waals surface area contributed by atoms with Gasteiger partial charge in [-0.25, -0.2) is 8.78 Å². The van der Waals surface area contributed by atoms with Crippen molar-refractivity contribution in [1.29, 1.82) is 0 Å².